The Hall–Kier alpha value is -3.23. The van der Waals surface area contributed by atoms with Crippen molar-refractivity contribution in [1.29, 1.82) is 0 Å². The molecule has 1 aliphatic rings. The van der Waals surface area contributed by atoms with Crippen LogP contribution in [0.4, 0.5) is 0 Å². The van der Waals surface area contributed by atoms with E-state index in [1.165, 1.54) is 10.9 Å². The van der Waals surface area contributed by atoms with Crippen molar-refractivity contribution in [2.45, 2.75) is 25.9 Å². The third-order valence-electron chi connectivity index (χ3n) is 4.43. The van der Waals surface area contributed by atoms with Gasteiger partial charge in [0.1, 0.15) is 12.2 Å². The van der Waals surface area contributed by atoms with Crippen molar-refractivity contribution in [2.75, 3.05) is 13.1 Å². The lowest BCUT2D eigenvalue weighted by molar-refractivity contribution is -0.138. The first-order chi connectivity index (χ1) is 13.0. The summed E-state index contributed by atoms with van der Waals surface area (Å²) in [5.74, 6) is -1.50. The SMILES string of the molecule is O=C(O)Cn1cc(CNC(=O)C2CCCN(C(=O)c3ccccc3)C2)nn1. The quantitative estimate of drug-likeness (QED) is 0.765. The number of nitrogens with one attached hydrogen (secondary N) is 1. The Bertz CT molecular complexity index is 820. The number of likely N-dealkylation sites (tertiary alicyclic amines) is 1. The zero-order valence-electron chi connectivity index (χ0n) is 14.7. The monoisotopic (exact) mass is 371 g/mol. The van der Waals surface area contributed by atoms with E-state index in [4.69, 9.17) is 5.11 Å². The fraction of sp³-hybridized carbons (Fsp3) is 0.389. The average Bonchev–Trinajstić information content (AvgIpc) is 3.13. The van der Waals surface area contributed by atoms with Crippen LogP contribution in [0.25, 0.3) is 0 Å². The van der Waals surface area contributed by atoms with Gasteiger partial charge >= 0.3 is 5.97 Å². The number of carboxylic acid groups (broad SMARTS) is 1. The van der Waals surface area contributed by atoms with E-state index < -0.39 is 5.97 Å². The van der Waals surface area contributed by atoms with Crippen LogP contribution in [0, 0.1) is 5.92 Å². The van der Waals surface area contributed by atoms with Crippen LogP contribution in [-0.2, 0) is 22.7 Å². The molecule has 0 radical (unpaired) electrons. The lowest BCUT2D eigenvalue weighted by Crippen LogP contribution is -2.45. The summed E-state index contributed by atoms with van der Waals surface area (Å²) in [6, 6.07) is 9.03. The normalized spacial score (nSPS) is 16.7. The van der Waals surface area contributed by atoms with Crippen molar-refractivity contribution < 1.29 is 19.5 Å². The maximum Gasteiger partial charge on any atom is 0.325 e. The highest BCUT2D eigenvalue weighted by Crippen LogP contribution is 2.19. The number of benzene rings is 1. The number of carbonyl (C=O) groups excluding carboxylic acids is 2. The van der Waals surface area contributed by atoms with E-state index in [9.17, 15) is 14.4 Å². The Morgan fingerprint density at radius 3 is 2.74 bits per heavy atom. The van der Waals surface area contributed by atoms with Gasteiger partial charge in [0, 0.05) is 18.7 Å². The lowest BCUT2D eigenvalue weighted by atomic mass is 9.96. The van der Waals surface area contributed by atoms with Crippen LogP contribution in [0.15, 0.2) is 36.5 Å². The smallest absolute Gasteiger partial charge is 0.325 e. The molecule has 142 valence electrons. The number of nitrogens with zero attached hydrogens (tertiary/aromatic N) is 4. The summed E-state index contributed by atoms with van der Waals surface area (Å²) in [5.41, 5.74) is 1.10. The summed E-state index contributed by atoms with van der Waals surface area (Å²) in [7, 11) is 0. The van der Waals surface area contributed by atoms with Crippen molar-refractivity contribution >= 4 is 17.8 Å². The number of piperidine rings is 1. The van der Waals surface area contributed by atoms with Gasteiger partial charge in [0.05, 0.1) is 18.7 Å². The van der Waals surface area contributed by atoms with Gasteiger partial charge in [-0.15, -0.1) is 5.10 Å². The second kappa shape index (κ2) is 8.43. The molecule has 2 heterocycles. The van der Waals surface area contributed by atoms with E-state index in [1.807, 2.05) is 18.2 Å². The van der Waals surface area contributed by atoms with Gasteiger partial charge in [-0.1, -0.05) is 23.4 Å². The lowest BCUT2D eigenvalue weighted by Gasteiger charge is -2.32. The predicted octanol–water partition coefficient (Wildman–Crippen LogP) is 0.531. The van der Waals surface area contributed by atoms with Crippen LogP contribution in [0.5, 0.6) is 0 Å². The minimum Gasteiger partial charge on any atom is -0.480 e. The maximum absolute atomic E-state index is 12.6. The van der Waals surface area contributed by atoms with E-state index in [1.54, 1.807) is 17.0 Å². The molecule has 9 heteroatoms. The molecule has 1 unspecified atom stereocenters. The summed E-state index contributed by atoms with van der Waals surface area (Å²) in [5, 5.41) is 19.1. The molecular formula is C18H21N5O4. The number of hydrogen-bond acceptors (Lipinski definition) is 5. The molecule has 9 nitrogen and oxygen atoms in total. The number of aromatic nitrogens is 3. The van der Waals surface area contributed by atoms with Crippen LogP contribution in [-0.4, -0.2) is 55.9 Å². The molecule has 0 saturated carbocycles. The fourth-order valence-corrected chi connectivity index (χ4v) is 3.10. The number of carbonyl (C=O) groups is 3. The Morgan fingerprint density at radius 1 is 1.22 bits per heavy atom. The Balaban J connectivity index is 1.53. The molecule has 1 aromatic heterocycles. The molecule has 0 bridgehead atoms. The first kappa shape index (κ1) is 18.6. The highest BCUT2D eigenvalue weighted by atomic mass is 16.4. The third kappa shape index (κ3) is 4.90. The third-order valence-corrected chi connectivity index (χ3v) is 4.43. The number of rotatable bonds is 6. The first-order valence-corrected chi connectivity index (χ1v) is 8.76. The molecule has 1 aromatic carbocycles. The second-order valence-electron chi connectivity index (χ2n) is 6.48. The molecule has 27 heavy (non-hydrogen) atoms. The van der Waals surface area contributed by atoms with Gasteiger partial charge in [-0.05, 0) is 25.0 Å². The molecule has 0 aliphatic carbocycles. The molecule has 1 fully saturated rings. The molecular weight excluding hydrogens is 350 g/mol. The van der Waals surface area contributed by atoms with Gasteiger partial charge in [-0.2, -0.15) is 0 Å². The van der Waals surface area contributed by atoms with Crippen LogP contribution in [0.2, 0.25) is 0 Å². The minimum atomic E-state index is -1.01. The zero-order chi connectivity index (χ0) is 19.2. The van der Waals surface area contributed by atoms with Crippen molar-refractivity contribution in [3.63, 3.8) is 0 Å². The second-order valence-corrected chi connectivity index (χ2v) is 6.48. The van der Waals surface area contributed by atoms with E-state index in [-0.39, 0.29) is 30.8 Å². The average molecular weight is 371 g/mol. The van der Waals surface area contributed by atoms with Crippen LogP contribution >= 0.6 is 0 Å². The molecule has 1 aliphatic heterocycles. The fourth-order valence-electron chi connectivity index (χ4n) is 3.10. The van der Waals surface area contributed by atoms with Gasteiger partial charge in [0.15, 0.2) is 0 Å². The van der Waals surface area contributed by atoms with Gasteiger partial charge < -0.3 is 15.3 Å². The zero-order valence-corrected chi connectivity index (χ0v) is 14.7. The number of amides is 2. The van der Waals surface area contributed by atoms with Gasteiger partial charge in [-0.25, -0.2) is 4.68 Å². The number of hydrogen-bond donors (Lipinski definition) is 2. The van der Waals surface area contributed by atoms with Gasteiger partial charge in [0.25, 0.3) is 5.91 Å². The van der Waals surface area contributed by atoms with Crippen LogP contribution in [0.3, 0.4) is 0 Å². The van der Waals surface area contributed by atoms with E-state index in [0.29, 0.717) is 24.3 Å². The summed E-state index contributed by atoms with van der Waals surface area (Å²) >= 11 is 0. The van der Waals surface area contributed by atoms with E-state index in [2.05, 4.69) is 15.6 Å². The molecule has 2 aromatic rings. The predicted molar refractivity (Wildman–Crippen MR) is 94.6 cm³/mol. The van der Waals surface area contributed by atoms with Gasteiger partial charge in [-0.3, -0.25) is 14.4 Å². The molecule has 3 rings (SSSR count). The molecule has 2 N–H and O–H groups in total. The van der Waals surface area contributed by atoms with Crippen molar-refractivity contribution in [1.82, 2.24) is 25.2 Å². The standard InChI is InChI=1S/C18H21N5O4/c24-16(25)12-23-11-15(20-21-23)9-19-17(26)14-7-4-8-22(10-14)18(27)13-5-2-1-3-6-13/h1-3,5-6,11,14H,4,7-10,12H2,(H,19,26)(H,24,25). The Morgan fingerprint density at radius 2 is 2.00 bits per heavy atom. The highest BCUT2D eigenvalue weighted by Gasteiger charge is 2.28. The number of carboxylic acids is 1. The van der Waals surface area contributed by atoms with Crippen molar-refractivity contribution in [3.05, 3.63) is 47.8 Å². The summed E-state index contributed by atoms with van der Waals surface area (Å²) < 4.78 is 1.20. The Labute approximate surface area is 156 Å². The molecule has 1 saturated heterocycles. The maximum atomic E-state index is 12.6. The van der Waals surface area contributed by atoms with E-state index >= 15 is 0 Å². The number of aliphatic carboxylic acids is 1. The molecule has 1 atom stereocenters. The summed E-state index contributed by atoms with van der Waals surface area (Å²) in [6.07, 6.45) is 2.97. The van der Waals surface area contributed by atoms with Crippen molar-refractivity contribution in [3.8, 4) is 0 Å². The molecule has 0 spiro atoms. The Kier molecular flexibility index (Phi) is 5.80. The van der Waals surface area contributed by atoms with E-state index in [0.717, 1.165) is 12.8 Å². The topological polar surface area (TPSA) is 117 Å². The van der Waals surface area contributed by atoms with Gasteiger partial charge in [0.2, 0.25) is 5.91 Å². The first-order valence-electron chi connectivity index (χ1n) is 8.76. The van der Waals surface area contributed by atoms with Crippen molar-refractivity contribution in [2.24, 2.45) is 5.92 Å². The van der Waals surface area contributed by atoms with Crippen LogP contribution < -0.4 is 5.32 Å². The summed E-state index contributed by atoms with van der Waals surface area (Å²) in [6.45, 7) is 0.911. The molecule has 2 amide bonds. The largest absolute Gasteiger partial charge is 0.480 e. The highest BCUT2D eigenvalue weighted by molar-refractivity contribution is 5.94. The van der Waals surface area contributed by atoms with Crippen LogP contribution in [0.1, 0.15) is 28.9 Å². The minimum absolute atomic E-state index is 0.0651. The summed E-state index contributed by atoms with van der Waals surface area (Å²) in [4.78, 5) is 37.4.